The van der Waals surface area contributed by atoms with Crippen molar-refractivity contribution in [2.24, 2.45) is 0 Å². The number of carbonyl (C=O) groups excluding carboxylic acids is 2. The van der Waals surface area contributed by atoms with Crippen LogP contribution in [0.25, 0.3) is 0 Å². The van der Waals surface area contributed by atoms with Crippen LogP contribution in [0.4, 0.5) is 11.4 Å². The minimum Gasteiger partial charge on any atom is -0.503 e. The number of ketones is 1. The lowest BCUT2D eigenvalue weighted by Gasteiger charge is -2.26. The van der Waals surface area contributed by atoms with Crippen LogP contribution in [0, 0.1) is 10.1 Å². The van der Waals surface area contributed by atoms with Crippen LogP contribution in [0.5, 0.6) is 0 Å². The third-order valence-electron chi connectivity index (χ3n) is 4.11. The molecule has 0 bridgehead atoms. The van der Waals surface area contributed by atoms with E-state index in [1.54, 1.807) is 24.3 Å². The summed E-state index contributed by atoms with van der Waals surface area (Å²) in [6.07, 6.45) is 0. The van der Waals surface area contributed by atoms with Gasteiger partial charge in [-0.15, -0.1) is 0 Å². The normalized spacial score (nSPS) is 16.9. The van der Waals surface area contributed by atoms with Crippen molar-refractivity contribution in [3.05, 3.63) is 80.0 Å². The van der Waals surface area contributed by atoms with E-state index in [2.05, 4.69) is 15.9 Å². The highest BCUT2D eigenvalue weighted by molar-refractivity contribution is 9.10. The molecule has 0 unspecified atom stereocenters. The number of aliphatic hydroxyl groups is 1. The fourth-order valence-corrected chi connectivity index (χ4v) is 3.19. The average molecular weight is 417 g/mol. The van der Waals surface area contributed by atoms with Crippen molar-refractivity contribution < 1.29 is 19.6 Å². The van der Waals surface area contributed by atoms with Gasteiger partial charge in [-0.25, -0.2) is 0 Å². The number of hydrogen-bond acceptors (Lipinski definition) is 5. The molecule has 0 saturated heterocycles. The van der Waals surface area contributed by atoms with Crippen molar-refractivity contribution >= 4 is 39.0 Å². The number of carbonyl (C=O) groups is 2. The molecule has 0 fully saturated rings. The lowest BCUT2D eigenvalue weighted by Crippen LogP contribution is -2.30. The molecule has 7 nitrogen and oxygen atoms in total. The van der Waals surface area contributed by atoms with Gasteiger partial charge in [0.2, 0.25) is 0 Å². The highest BCUT2D eigenvalue weighted by Gasteiger charge is 2.43. The molecular weight excluding hydrogens is 404 g/mol. The lowest BCUT2D eigenvalue weighted by molar-refractivity contribution is -0.384. The Bertz CT molecular complexity index is 935. The number of nitrogens with zero attached hydrogens (tertiary/aromatic N) is 2. The van der Waals surface area contributed by atoms with E-state index in [4.69, 9.17) is 0 Å². The highest BCUT2D eigenvalue weighted by Crippen LogP contribution is 2.41. The van der Waals surface area contributed by atoms with E-state index >= 15 is 0 Å². The van der Waals surface area contributed by atoms with Crippen molar-refractivity contribution in [3.8, 4) is 0 Å². The van der Waals surface area contributed by atoms with Gasteiger partial charge in [0.05, 0.1) is 16.5 Å². The number of hydrogen-bond donors (Lipinski definition) is 1. The summed E-state index contributed by atoms with van der Waals surface area (Å²) in [6, 6.07) is 11.5. The molecule has 26 heavy (non-hydrogen) atoms. The minimum atomic E-state index is -0.859. The summed E-state index contributed by atoms with van der Waals surface area (Å²) in [5.74, 6) is -1.75. The number of nitro groups is 1. The van der Waals surface area contributed by atoms with E-state index in [-0.39, 0.29) is 11.3 Å². The van der Waals surface area contributed by atoms with E-state index in [0.717, 1.165) is 4.47 Å². The second-order valence-electron chi connectivity index (χ2n) is 5.72. The Morgan fingerprint density at radius 1 is 1.15 bits per heavy atom. The average Bonchev–Trinajstić information content (AvgIpc) is 2.87. The number of non-ortho nitro benzene ring substituents is 1. The zero-order valence-corrected chi connectivity index (χ0v) is 15.1. The molecule has 1 atom stereocenters. The van der Waals surface area contributed by atoms with Gasteiger partial charge in [-0.3, -0.25) is 24.6 Å². The Balaban J connectivity index is 2.14. The smallest absolute Gasteiger partial charge is 0.294 e. The number of aliphatic hydroxyl groups excluding tert-OH is 1. The van der Waals surface area contributed by atoms with Gasteiger partial charge in [-0.05, 0) is 48.9 Å². The monoisotopic (exact) mass is 416 g/mol. The second kappa shape index (κ2) is 6.72. The number of amides is 1. The first kappa shape index (κ1) is 17.8. The summed E-state index contributed by atoms with van der Waals surface area (Å²) >= 11 is 3.32. The molecule has 2 aromatic carbocycles. The maximum Gasteiger partial charge on any atom is 0.294 e. The predicted octanol–water partition coefficient (Wildman–Crippen LogP) is 3.85. The van der Waals surface area contributed by atoms with Crippen LogP contribution in [-0.4, -0.2) is 21.7 Å². The standard InChI is InChI=1S/C18H13BrN2O5/c1-10(22)15-16(11-2-6-14(7-3-11)21(25)26)20(18(24)17(15)23)13-8-4-12(19)5-9-13/h2-9,16,23H,1H3/t16-/m1/s1. The van der Waals surface area contributed by atoms with Crippen molar-refractivity contribution in [3.63, 3.8) is 0 Å². The first-order valence-electron chi connectivity index (χ1n) is 7.59. The van der Waals surface area contributed by atoms with Crippen LogP contribution >= 0.6 is 15.9 Å². The summed E-state index contributed by atoms with van der Waals surface area (Å²) in [4.78, 5) is 36.3. The Kier molecular flexibility index (Phi) is 4.60. The molecule has 1 amide bonds. The molecule has 2 aromatic rings. The van der Waals surface area contributed by atoms with Gasteiger partial charge in [-0.1, -0.05) is 15.9 Å². The second-order valence-corrected chi connectivity index (χ2v) is 6.64. The Hall–Kier alpha value is -3.00. The molecule has 8 heteroatoms. The van der Waals surface area contributed by atoms with Crippen LogP contribution < -0.4 is 4.90 Å². The number of nitro benzene ring substituents is 1. The topological polar surface area (TPSA) is 101 Å². The largest absolute Gasteiger partial charge is 0.503 e. The third-order valence-corrected chi connectivity index (χ3v) is 4.64. The van der Waals surface area contributed by atoms with Gasteiger partial charge in [-0.2, -0.15) is 0 Å². The van der Waals surface area contributed by atoms with Crippen molar-refractivity contribution in [1.82, 2.24) is 0 Å². The fraction of sp³-hybridized carbons (Fsp3) is 0.111. The van der Waals surface area contributed by atoms with Crippen LogP contribution in [0.15, 0.2) is 64.3 Å². The Labute approximate surface area is 156 Å². The summed E-state index contributed by atoms with van der Waals surface area (Å²) in [5, 5.41) is 21.1. The molecular formula is C18H13BrN2O5. The van der Waals surface area contributed by atoms with E-state index in [9.17, 15) is 24.8 Å². The molecule has 0 aromatic heterocycles. The maximum atomic E-state index is 12.6. The van der Waals surface area contributed by atoms with Gasteiger partial charge < -0.3 is 5.11 Å². The lowest BCUT2D eigenvalue weighted by atomic mass is 9.96. The SMILES string of the molecule is CC(=O)C1=C(O)C(=O)N(c2ccc(Br)cc2)[C@@H]1c1ccc([N+](=O)[O-])cc1. The molecule has 132 valence electrons. The number of Topliss-reactive ketones (excluding diaryl/α,β-unsaturated/α-hetero) is 1. The summed E-state index contributed by atoms with van der Waals surface area (Å²) in [6.45, 7) is 1.27. The van der Waals surface area contributed by atoms with Crippen molar-refractivity contribution in [2.45, 2.75) is 13.0 Å². The summed E-state index contributed by atoms with van der Waals surface area (Å²) < 4.78 is 0.809. The van der Waals surface area contributed by atoms with Gasteiger partial charge in [0.25, 0.3) is 11.6 Å². The molecule has 0 saturated carbocycles. The third kappa shape index (κ3) is 2.99. The van der Waals surface area contributed by atoms with E-state index in [1.807, 2.05) is 0 Å². The maximum absolute atomic E-state index is 12.6. The van der Waals surface area contributed by atoms with Gasteiger partial charge >= 0.3 is 0 Å². The summed E-state index contributed by atoms with van der Waals surface area (Å²) in [5.41, 5.74) is 0.836. The van der Waals surface area contributed by atoms with Crippen LogP contribution in [0.3, 0.4) is 0 Å². The van der Waals surface area contributed by atoms with E-state index in [0.29, 0.717) is 11.3 Å². The molecule has 0 radical (unpaired) electrons. The molecule has 0 spiro atoms. The Morgan fingerprint density at radius 2 is 1.73 bits per heavy atom. The van der Waals surface area contributed by atoms with Gasteiger partial charge in [0, 0.05) is 22.3 Å². The molecule has 3 rings (SSSR count). The summed E-state index contributed by atoms with van der Waals surface area (Å²) in [7, 11) is 0. The number of halogens is 1. The molecule has 1 aliphatic rings. The quantitative estimate of drug-likeness (QED) is 0.602. The Morgan fingerprint density at radius 3 is 2.23 bits per heavy atom. The fourth-order valence-electron chi connectivity index (χ4n) is 2.93. The number of rotatable bonds is 4. The predicted molar refractivity (Wildman–Crippen MR) is 97.8 cm³/mol. The minimum absolute atomic E-state index is 0.0354. The van der Waals surface area contributed by atoms with E-state index < -0.39 is 28.4 Å². The molecule has 1 heterocycles. The van der Waals surface area contributed by atoms with Gasteiger partial charge in [0.1, 0.15) is 0 Å². The first-order valence-corrected chi connectivity index (χ1v) is 8.38. The zero-order chi connectivity index (χ0) is 19.0. The number of benzene rings is 2. The number of anilines is 1. The molecule has 1 N–H and O–H groups in total. The molecule has 0 aliphatic carbocycles. The zero-order valence-electron chi connectivity index (χ0n) is 13.5. The molecule has 1 aliphatic heterocycles. The van der Waals surface area contributed by atoms with Crippen LogP contribution in [0.1, 0.15) is 18.5 Å². The highest BCUT2D eigenvalue weighted by atomic mass is 79.9. The van der Waals surface area contributed by atoms with E-state index in [1.165, 1.54) is 36.1 Å². The van der Waals surface area contributed by atoms with Crippen LogP contribution in [0.2, 0.25) is 0 Å². The van der Waals surface area contributed by atoms with Crippen molar-refractivity contribution in [2.75, 3.05) is 4.90 Å². The van der Waals surface area contributed by atoms with Crippen molar-refractivity contribution in [1.29, 1.82) is 0 Å². The van der Waals surface area contributed by atoms with Crippen LogP contribution in [-0.2, 0) is 9.59 Å². The van der Waals surface area contributed by atoms with Gasteiger partial charge in [0.15, 0.2) is 11.5 Å². The first-order chi connectivity index (χ1) is 12.3.